The third-order valence-electron chi connectivity index (χ3n) is 3.36. The summed E-state index contributed by atoms with van der Waals surface area (Å²) >= 11 is 2.96. The smallest absolute Gasteiger partial charge is 0.147 e. The second-order valence-electron chi connectivity index (χ2n) is 4.56. The summed E-state index contributed by atoms with van der Waals surface area (Å²) in [6, 6.07) is 2.36. The van der Waals surface area contributed by atoms with Gasteiger partial charge in [0.25, 0.3) is 0 Å². The van der Waals surface area contributed by atoms with Crippen LogP contribution >= 0.6 is 15.9 Å². The molecule has 2 nitrogen and oxygen atoms in total. The molecule has 0 heterocycles. The molecule has 0 saturated heterocycles. The number of hydrogen-bond donors (Lipinski definition) is 1. The van der Waals surface area contributed by atoms with Crippen molar-refractivity contribution in [1.29, 1.82) is 0 Å². The molecule has 18 heavy (non-hydrogen) atoms. The number of ether oxygens (including phenoxy) is 1. The van der Waals surface area contributed by atoms with Crippen molar-refractivity contribution in [3.8, 4) is 0 Å². The molecule has 2 atom stereocenters. The van der Waals surface area contributed by atoms with Gasteiger partial charge in [-0.3, -0.25) is 0 Å². The van der Waals surface area contributed by atoms with Gasteiger partial charge >= 0.3 is 0 Å². The maximum atomic E-state index is 13.7. The van der Waals surface area contributed by atoms with Crippen molar-refractivity contribution in [2.75, 3.05) is 12.4 Å². The number of benzene rings is 1. The first-order chi connectivity index (χ1) is 8.61. The lowest BCUT2D eigenvalue weighted by Gasteiger charge is -2.31. The van der Waals surface area contributed by atoms with Crippen LogP contribution in [0, 0.1) is 11.6 Å². The predicted molar refractivity (Wildman–Crippen MR) is 70.7 cm³/mol. The maximum Gasteiger partial charge on any atom is 0.147 e. The van der Waals surface area contributed by atoms with E-state index in [0.717, 1.165) is 31.7 Å². The predicted octanol–water partition coefficient (Wildman–Crippen LogP) is 4.10. The van der Waals surface area contributed by atoms with Crippen LogP contribution in [0.25, 0.3) is 0 Å². The van der Waals surface area contributed by atoms with E-state index in [1.54, 1.807) is 7.11 Å². The molecule has 1 aliphatic carbocycles. The van der Waals surface area contributed by atoms with Gasteiger partial charge in [0.1, 0.15) is 11.6 Å². The molecule has 1 fully saturated rings. The third-order valence-corrected chi connectivity index (χ3v) is 3.96. The van der Waals surface area contributed by atoms with Crippen LogP contribution in [-0.2, 0) is 4.74 Å². The minimum absolute atomic E-state index is 0.0406. The number of hydrogen-bond acceptors (Lipinski definition) is 2. The molecule has 0 spiro atoms. The van der Waals surface area contributed by atoms with Gasteiger partial charge in [-0.2, -0.15) is 0 Å². The summed E-state index contributed by atoms with van der Waals surface area (Å²) in [5.41, 5.74) is 0.199. The van der Waals surface area contributed by atoms with Crippen LogP contribution in [0.4, 0.5) is 14.5 Å². The second kappa shape index (κ2) is 5.97. The lowest BCUT2D eigenvalue weighted by atomic mass is 9.92. The standard InChI is InChI=1S/C13H16BrF2NO/c1-18-13-5-3-2-4-11(13)17-12-7-9(15)8(14)6-10(12)16/h6-7,11,13,17H,2-5H2,1H3. The van der Waals surface area contributed by atoms with Gasteiger partial charge in [-0.1, -0.05) is 12.8 Å². The molecule has 1 aromatic rings. The van der Waals surface area contributed by atoms with Gasteiger partial charge in [0, 0.05) is 13.2 Å². The number of methoxy groups -OCH3 is 1. The van der Waals surface area contributed by atoms with Gasteiger partial charge in [-0.05, 0) is 34.8 Å². The van der Waals surface area contributed by atoms with E-state index in [4.69, 9.17) is 4.74 Å². The molecule has 0 amide bonds. The Morgan fingerprint density at radius 1 is 1.22 bits per heavy atom. The minimum atomic E-state index is -0.469. The number of rotatable bonds is 3. The van der Waals surface area contributed by atoms with Gasteiger partial charge < -0.3 is 10.1 Å². The quantitative estimate of drug-likeness (QED) is 0.847. The average molecular weight is 320 g/mol. The normalized spacial score (nSPS) is 24.0. The molecular weight excluding hydrogens is 304 g/mol. The minimum Gasteiger partial charge on any atom is -0.379 e. The van der Waals surface area contributed by atoms with Gasteiger partial charge in [0.05, 0.1) is 22.3 Å². The molecule has 1 saturated carbocycles. The van der Waals surface area contributed by atoms with E-state index in [1.807, 2.05) is 0 Å². The number of anilines is 1. The zero-order valence-electron chi connectivity index (χ0n) is 10.2. The van der Waals surface area contributed by atoms with Gasteiger partial charge in [-0.25, -0.2) is 8.78 Å². The molecule has 0 radical (unpaired) electrons. The largest absolute Gasteiger partial charge is 0.379 e. The van der Waals surface area contributed by atoms with Crippen LogP contribution in [0.3, 0.4) is 0 Å². The lowest BCUT2D eigenvalue weighted by molar-refractivity contribution is 0.0605. The van der Waals surface area contributed by atoms with Crippen molar-refractivity contribution in [1.82, 2.24) is 0 Å². The molecule has 1 aliphatic rings. The molecule has 2 unspecified atom stereocenters. The highest BCUT2D eigenvalue weighted by Crippen LogP contribution is 2.28. The Balaban J connectivity index is 2.15. The molecule has 2 rings (SSSR count). The third kappa shape index (κ3) is 3.01. The molecule has 1 aromatic carbocycles. The average Bonchev–Trinajstić information content (AvgIpc) is 2.36. The fourth-order valence-corrected chi connectivity index (χ4v) is 2.69. The Bertz CT molecular complexity index is 428. The van der Waals surface area contributed by atoms with E-state index in [1.165, 1.54) is 6.07 Å². The fraction of sp³-hybridized carbons (Fsp3) is 0.538. The van der Waals surface area contributed by atoms with Crippen molar-refractivity contribution in [3.05, 3.63) is 28.2 Å². The molecule has 1 N–H and O–H groups in total. The van der Waals surface area contributed by atoms with Gasteiger partial charge in [0.2, 0.25) is 0 Å². The Labute approximate surface area is 114 Å². The first-order valence-corrected chi connectivity index (χ1v) is 6.85. The molecule has 100 valence electrons. The monoisotopic (exact) mass is 319 g/mol. The van der Waals surface area contributed by atoms with E-state index in [0.29, 0.717) is 0 Å². The summed E-state index contributed by atoms with van der Waals surface area (Å²) < 4.78 is 32.6. The summed E-state index contributed by atoms with van der Waals surface area (Å²) in [7, 11) is 1.66. The van der Waals surface area contributed by atoms with E-state index in [-0.39, 0.29) is 22.3 Å². The van der Waals surface area contributed by atoms with Gasteiger partial charge in [-0.15, -0.1) is 0 Å². The Morgan fingerprint density at radius 3 is 2.67 bits per heavy atom. The molecular formula is C13H16BrF2NO. The van der Waals surface area contributed by atoms with Crippen LogP contribution in [0.5, 0.6) is 0 Å². The Kier molecular flexibility index (Phi) is 4.56. The van der Waals surface area contributed by atoms with Crippen molar-refractivity contribution in [2.24, 2.45) is 0 Å². The number of nitrogens with one attached hydrogen (secondary N) is 1. The summed E-state index contributed by atoms with van der Waals surface area (Å²) in [6.45, 7) is 0. The number of halogens is 3. The summed E-state index contributed by atoms with van der Waals surface area (Å²) in [5.74, 6) is -0.924. The highest BCUT2D eigenvalue weighted by atomic mass is 79.9. The van der Waals surface area contributed by atoms with Crippen LogP contribution in [0.2, 0.25) is 0 Å². The van der Waals surface area contributed by atoms with Crippen LogP contribution in [-0.4, -0.2) is 19.3 Å². The Morgan fingerprint density at radius 2 is 1.94 bits per heavy atom. The first kappa shape index (κ1) is 13.7. The molecule has 0 bridgehead atoms. The summed E-state index contributed by atoms with van der Waals surface area (Å²) in [5, 5.41) is 3.06. The van der Waals surface area contributed by atoms with Crippen LogP contribution in [0.1, 0.15) is 25.7 Å². The maximum absolute atomic E-state index is 13.7. The molecule has 5 heteroatoms. The van der Waals surface area contributed by atoms with Gasteiger partial charge in [0.15, 0.2) is 0 Å². The Hall–Kier alpha value is -0.680. The summed E-state index contributed by atoms with van der Waals surface area (Å²) in [6.07, 6.45) is 4.13. The topological polar surface area (TPSA) is 21.3 Å². The van der Waals surface area contributed by atoms with Crippen molar-refractivity contribution in [2.45, 2.75) is 37.8 Å². The second-order valence-corrected chi connectivity index (χ2v) is 5.41. The van der Waals surface area contributed by atoms with E-state index < -0.39 is 11.6 Å². The van der Waals surface area contributed by atoms with Crippen LogP contribution in [0.15, 0.2) is 16.6 Å². The zero-order valence-corrected chi connectivity index (χ0v) is 11.8. The SMILES string of the molecule is COC1CCCCC1Nc1cc(F)c(Br)cc1F. The molecule has 0 aromatic heterocycles. The fourth-order valence-electron chi connectivity index (χ4n) is 2.38. The van der Waals surface area contributed by atoms with Crippen molar-refractivity contribution < 1.29 is 13.5 Å². The molecule has 0 aliphatic heterocycles. The first-order valence-electron chi connectivity index (χ1n) is 6.05. The lowest BCUT2D eigenvalue weighted by Crippen LogP contribution is -2.38. The van der Waals surface area contributed by atoms with Crippen molar-refractivity contribution >= 4 is 21.6 Å². The highest BCUT2D eigenvalue weighted by molar-refractivity contribution is 9.10. The summed E-state index contributed by atoms with van der Waals surface area (Å²) in [4.78, 5) is 0. The van der Waals surface area contributed by atoms with E-state index in [2.05, 4.69) is 21.2 Å². The zero-order chi connectivity index (χ0) is 13.1. The van der Waals surface area contributed by atoms with E-state index >= 15 is 0 Å². The van der Waals surface area contributed by atoms with E-state index in [9.17, 15) is 8.78 Å². The van der Waals surface area contributed by atoms with Crippen LogP contribution < -0.4 is 5.32 Å². The highest BCUT2D eigenvalue weighted by Gasteiger charge is 2.25. The van der Waals surface area contributed by atoms with Crippen molar-refractivity contribution in [3.63, 3.8) is 0 Å².